The molecule has 182 valence electrons. The van der Waals surface area contributed by atoms with Crippen LogP contribution in [0.3, 0.4) is 0 Å². The lowest BCUT2D eigenvalue weighted by molar-refractivity contribution is 0.595. The second kappa shape index (κ2) is 8.76. The lowest BCUT2D eigenvalue weighted by atomic mass is 9.89. The number of benzene rings is 5. The van der Waals surface area contributed by atoms with Crippen molar-refractivity contribution < 1.29 is 4.42 Å². The molecule has 0 unspecified atom stereocenters. The van der Waals surface area contributed by atoms with Crippen LogP contribution in [0.2, 0.25) is 0 Å². The standard InChI is InChI=1S/C38H24O/c1-2-12-25(13-3-1)27-15-6-9-19-32(27)37-33-20-10-11-21-34(33)38(39-37)36-24-35-28-16-5-4-14-26(28)22-23-31(35)29-17-7-8-18-30(29)36/h1-2,4-9,11-12,14-19,21-24H,10,20H2. The van der Waals surface area contributed by atoms with Crippen molar-refractivity contribution in [3.63, 3.8) is 0 Å². The fraction of sp³-hybridized carbons (Fsp3) is 0.0526. The fourth-order valence-corrected chi connectivity index (χ4v) is 6.22. The highest BCUT2D eigenvalue weighted by Crippen LogP contribution is 2.46. The molecule has 1 aromatic heterocycles. The number of allylic oxidation sites excluding steroid dienone is 1. The van der Waals surface area contributed by atoms with Gasteiger partial charge in [-0.15, -0.1) is 0 Å². The van der Waals surface area contributed by atoms with E-state index in [1.54, 1.807) is 0 Å². The quantitative estimate of drug-likeness (QED) is 0.222. The van der Waals surface area contributed by atoms with Crippen molar-refractivity contribution in [2.45, 2.75) is 12.8 Å². The van der Waals surface area contributed by atoms with Gasteiger partial charge < -0.3 is 4.42 Å². The molecule has 0 saturated carbocycles. The van der Waals surface area contributed by atoms with Crippen molar-refractivity contribution in [2.24, 2.45) is 0 Å². The third-order valence-electron chi connectivity index (χ3n) is 8.02. The van der Waals surface area contributed by atoms with Crippen molar-refractivity contribution in [1.29, 1.82) is 0 Å². The fourth-order valence-electron chi connectivity index (χ4n) is 6.22. The molecular weight excluding hydrogens is 472 g/mol. The maximum Gasteiger partial charge on any atom is 0.142 e. The van der Waals surface area contributed by atoms with Crippen LogP contribution in [0.25, 0.3) is 72.2 Å². The molecule has 6 aromatic carbocycles. The van der Waals surface area contributed by atoms with Gasteiger partial charge in [-0.1, -0.05) is 115 Å². The van der Waals surface area contributed by atoms with E-state index in [1.807, 2.05) is 12.1 Å². The molecule has 1 heterocycles. The zero-order chi connectivity index (χ0) is 25.8. The number of furan rings is 1. The molecule has 0 amide bonds. The maximum absolute atomic E-state index is 7.00. The van der Waals surface area contributed by atoms with Gasteiger partial charge >= 0.3 is 0 Å². The first kappa shape index (κ1) is 22.0. The molecule has 1 nitrogen and oxygen atoms in total. The summed E-state index contributed by atoms with van der Waals surface area (Å²) in [5.74, 6) is 1.90. The predicted octanol–water partition coefficient (Wildman–Crippen LogP) is 10.3. The average Bonchev–Trinajstić information content (AvgIpc) is 3.40. The minimum atomic E-state index is 0.945. The summed E-state index contributed by atoms with van der Waals surface area (Å²) >= 11 is 0. The van der Waals surface area contributed by atoms with Gasteiger partial charge in [-0.25, -0.2) is 0 Å². The highest BCUT2D eigenvalue weighted by molar-refractivity contribution is 6.21. The Hall–Kier alpha value is -5.06. The second-order valence-corrected chi connectivity index (χ2v) is 10.2. The number of hydrogen-bond donors (Lipinski definition) is 0. The first-order chi connectivity index (χ1) is 19.4. The average molecular weight is 497 g/mol. The SMILES string of the molecule is c1cccc(-c2ccccc2-c2oc(-c3cc4c5ccccc5ccc4c4ccccc34)c3c2CCC=C3)c#1. The van der Waals surface area contributed by atoms with Crippen molar-refractivity contribution in [3.05, 3.63) is 139 Å². The summed E-state index contributed by atoms with van der Waals surface area (Å²) in [6, 6.07) is 45.1. The highest BCUT2D eigenvalue weighted by Gasteiger charge is 2.25. The van der Waals surface area contributed by atoms with Crippen LogP contribution < -0.4 is 0 Å². The molecule has 0 radical (unpaired) electrons. The molecule has 1 aliphatic carbocycles. The molecule has 0 bridgehead atoms. The van der Waals surface area contributed by atoms with Gasteiger partial charge in [0.05, 0.1) is 0 Å². The lowest BCUT2D eigenvalue weighted by Gasteiger charge is -2.13. The van der Waals surface area contributed by atoms with Crippen LogP contribution in [0.15, 0.2) is 120 Å². The number of fused-ring (bicyclic) bond motifs is 6. The van der Waals surface area contributed by atoms with E-state index in [9.17, 15) is 0 Å². The highest BCUT2D eigenvalue weighted by atomic mass is 16.3. The molecule has 39 heavy (non-hydrogen) atoms. The van der Waals surface area contributed by atoms with Gasteiger partial charge in [-0.2, -0.15) is 0 Å². The van der Waals surface area contributed by atoms with E-state index in [1.165, 1.54) is 43.4 Å². The zero-order valence-corrected chi connectivity index (χ0v) is 21.4. The Morgan fingerprint density at radius 2 is 1.36 bits per heavy atom. The largest absolute Gasteiger partial charge is 0.455 e. The number of rotatable bonds is 3. The molecule has 7 aromatic rings. The molecule has 0 aliphatic heterocycles. The van der Waals surface area contributed by atoms with E-state index in [0.717, 1.165) is 46.6 Å². The molecular formula is C38H24O. The first-order valence-corrected chi connectivity index (χ1v) is 13.5. The summed E-state index contributed by atoms with van der Waals surface area (Å²) < 4.78 is 7.00. The van der Waals surface area contributed by atoms with Crippen LogP contribution in [0, 0.1) is 12.1 Å². The van der Waals surface area contributed by atoms with E-state index in [-0.39, 0.29) is 0 Å². The third kappa shape index (κ3) is 3.43. The normalized spacial score (nSPS) is 12.6. The first-order valence-electron chi connectivity index (χ1n) is 13.5. The van der Waals surface area contributed by atoms with Gasteiger partial charge in [0.15, 0.2) is 0 Å². The topological polar surface area (TPSA) is 13.1 Å². The van der Waals surface area contributed by atoms with Crippen LogP contribution in [0.5, 0.6) is 0 Å². The zero-order valence-electron chi connectivity index (χ0n) is 21.4. The van der Waals surface area contributed by atoms with E-state index >= 15 is 0 Å². The Labute approximate surface area is 227 Å². The van der Waals surface area contributed by atoms with Crippen LogP contribution in [-0.2, 0) is 6.42 Å². The molecule has 0 spiro atoms. The molecule has 8 rings (SSSR count). The maximum atomic E-state index is 7.00. The summed E-state index contributed by atoms with van der Waals surface area (Å²) in [6.45, 7) is 0. The van der Waals surface area contributed by atoms with Gasteiger partial charge in [0.25, 0.3) is 0 Å². The molecule has 0 fully saturated rings. The van der Waals surface area contributed by atoms with Crippen LogP contribution in [-0.4, -0.2) is 0 Å². The predicted molar refractivity (Wildman–Crippen MR) is 163 cm³/mol. The third-order valence-corrected chi connectivity index (χ3v) is 8.02. The summed E-state index contributed by atoms with van der Waals surface area (Å²) in [6.07, 6.45) is 6.50. The van der Waals surface area contributed by atoms with E-state index in [2.05, 4.69) is 121 Å². The minimum absolute atomic E-state index is 0.945. The van der Waals surface area contributed by atoms with E-state index in [4.69, 9.17) is 4.42 Å². The summed E-state index contributed by atoms with van der Waals surface area (Å²) in [7, 11) is 0. The molecule has 1 heteroatoms. The minimum Gasteiger partial charge on any atom is -0.455 e. The Bertz CT molecular complexity index is 2060. The Balaban J connectivity index is 1.45. The van der Waals surface area contributed by atoms with Gasteiger partial charge in [-0.05, 0) is 63.4 Å². The van der Waals surface area contributed by atoms with Crippen molar-refractivity contribution in [1.82, 2.24) is 0 Å². The van der Waals surface area contributed by atoms with Crippen molar-refractivity contribution in [2.75, 3.05) is 0 Å². The monoisotopic (exact) mass is 496 g/mol. The molecule has 0 saturated heterocycles. The van der Waals surface area contributed by atoms with Gasteiger partial charge in [0.1, 0.15) is 11.5 Å². The lowest BCUT2D eigenvalue weighted by Crippen LogP contribution is -1.94. The van der Waals surface area contributed by atoms with Crippen molar-refractivity contribution >= 4 is 38.4 Å². The second-order valence-electron chi connectivity index (χ2n) is 10.2. The van der Waals surface area contributed by atoms with E-state index in [0.29, 0.717) is 0 Å². The van der Waals surface area contributed by atoms with Gasteiger partial charge in [-0.3, -0.25) is 0 Å². The van der Waals surface area contributed by atoms with Crippen LogP contribution in [0.1, 0.15) is 17.5 Å². The smallest absolute Gasteiger partial charge is 0.142 e. The molecule has 0 N–H and O–H groups in total. The summed E-state index contributed by atoms with van der Waals surface area (Å²) in [5.41, 5.74) is 6.85. The van der Waals surface area contributed by atoms with E-state index < -0.39 is 0 Å². The van der Waals surface area contributed by atoms with Gasteiger partial charge in [0, 0.05) is 33.4 Å². The Kier molecular flexibility index (Phi) is 4.93. The molecule has 1 aliphatic rings. The van der Waals surface area contributed by atoms with Crippen LogP contribution in [0.4, 0.5) is 0 Å². The Morgan fingerprint density at radius 3 is 2.23 bits per heavy atom. The summed E-state index contributed by atoms with van der Waals surface area (Å²) in [5, 5.41) is 7.49. The Morgan fingerprint density at radius 1 is 0.590 bits per heavy atom. The van der Waals surface area contributed by atoms with Crippen molar-refractivity contribution in [3.8, 4) is 33.8 Å². The van der Waals surface area contributed by atoms with Crippen LogP contribution >= 0.6 is 0 Å². The number of hydrogen-bond acceptors (Lipinski definition) is 1. The molecule has 0 atom stereocenters. The summed E-state index contributed by atoms with van der Waals surface area (Å²) in [4.78, 5) is 0. The van der Waals surface area contributed by atoms with Gasteiger partial charge in [0.2, 0.25) is 0 Å².